The fraction of sp³-hybridized carbons (Fsp3) is 0.0164. The molecule has 0 bridgehead atoms. The third-order valence-corrected chi connectivity index (χ3v) is 13.6. The smallest absolute Gasteiger partial charge is 0.0725 e. The highest BCUT2D eigenvalue weighted by molar-refractivity contribution is 6.11. The van der Waals surface area contributed by atoms with Crippen LogP contribution in [0.4, 0.5) is 17.1 Å². The van der Waals surface area contributed by atoms with Crippen LogP contribution in [-0.4, -0.2) is 4.57 Å². The number of aromatic nitrogens is 1. The first-order chi connectivity index (χ1) is 31.3. The van der Waals surface area contributed by atoms with Gasteiger partial charge in [-0.1, -0.05) is 182 Å². The number of anilines is 3. The maximum atomic E-state index is 2.45. The van der Waals surface area contributed by atoms with Crippen LogP contribution in [0.25, 0.3) is 72.0 Å². The van der Waals surface area contributed by atoms with Crippen molar-refractivity contribution in [3.63, 3.8) is 0 Å². The van der Waals surface area contributed by atoms with Gasteiger partial charge in [-0.25, -0.2) is 0 Å². The van der Waals surface area contributed by atoms with Crippen molar-refractivity contribution in [2.24, 2.45) is 0 Å². The average Bonchev–Trinajstić information content (AvgIpc) is 3.81. The van der Waals surface area contributed by atoms with Gasteiger partial charge in [0.1, 0.15) is 0 Å². The summed E-state index contributed by atoms with van der Waals surface area (Å²) in [5, 5.41) is 2.45. The molecule has 0 atom stereocenters. The van der Waals surface area contributed by atoms with E-state index in [0.717, 1.165) is 22.7 Å². The third kappa shape index (κ3) is 5.19. The van der Waals surface area contributed by atoms with Crippen molar-refractivity contribution < 1.29 is 0 Å². The molecule has 1 aromatic heterocycles. The molecule has 0 aliphatic heterocycles. The quantitative estimate of drug-likeness (QED) is 0.168. The van der Waals surface area contributed by atoms with Crippen LogP contribution in [0.3, 0.4) is 0 Å². The van der Waals surface area contributed by atoms with Gasteiger partial charge in [-0.3, -0.25) is 0 Å². The fourth-order valence-corrected chi connectivity index (χ4v) is 11.0. The highest BCUT2D eigenvalue weighted by Gasteiger charge is 2.49. The molecule has 10 aromatic carbocycles. The van der Waals surface area contributed by atoms with Crippen LogP contribution in [0.2, 0.25) is 0 Å². The third-order valence-electron chi connectivity index (χ3n) is 13.6. The van der Waals surface area contributed by atoms with E-state index in [1.54, 1.807) is 0 Å². The first-order valence-electron chi connectivity index (χ1n) is 21.8. The molecule has 0 fully saturated rings. The lowest BCUT2D eigenvalue weighted by molar-refractivity contribution is 0.775. The van der Waals surface area contributed by atoms with Crippen LogP contribution in [0.15, 0.2) is 243 Å². The fourth-order valence-electron chi connectivity index (χ4n) is 11.0. The minimum atomic E-state index is -0.531. The predicted molar refractivity (Wildman–Crippen MR) is 263 cm³/mol. The minimum absolute atomic E-state index is 0.531. The normalized spacial score (nSPS) is 12.9. The largest absolute Gasteiger partial charge is 0.310 e. The Morgan fingerprint density at radius 2 is 0.730 bits per heavy atom. The Morgan fingerprint density at radius 3 is 1.38 bits per heavy atom. The number of fused-ring (bicyclic) bond motifs is 15. The SMILES string of the molecule is c1ccc(-c2ccc(N(c3ccc4c(c3)-c3ccccc3C43c4ccccc4-c4ccccc4-c4ccccc43)c3ccc4c(c3)c3ccccc3n4-c3ccccc3)cc2)cc1. The summed E-state index contributed by atoms with van der Waals surface area (Å²) in [6, 6.07) is 89.7. The monoisotopic (exact) mass is 800 g/mol. The zero-order valence-corrected chi connectivity index (χ0v) is 34.5. The van der Waals surface area contributed by atoms with E-state index in [9.17, 15) is 0 Å². The molecule has 2 nitrogen and oxygen atoms in total. The summed E-state index contributed by atoms with van der Waals surface area (Å²) >= 11 is 0. The molecule has 1 heterocycles. The topological polar surface area (TPSA) is 8.17 Å². The van der Waals surface area contributed by atoms with Crippen LogP contribution in [0, 0.1) is 0 Å². The molecule has 13 rings (SSSR count). The van der Waals surface area contributed by atoms with Gasteiger partial charge in [-0.05, 0) is 127 Å². The molecule has 0 saturated heterocycles. The van der Waals surface area contributed by atoms with Gasteiger partial charge in [0.05, 0.1) is 16.4 Å². The molecule has 2 heteroatoms. The van der Waals surface area contributed by atoms with E-state index in [2.05, 4.69) is 252 Å². The lowest BCUT2D eigenvalue weighted by atomic mass is 9.66. The predicted octanol–water partition coefficient (Wildman–Crippen LogP) is 15.9. The van der Waals surface area contributed by atoms with E-state index in [1.807, 2.05) is 0 Å². The summed E-state index contributed by atoms with van der Waals surface area (Å²) in [6.07, 6.45) is 0. The highest BCUT2D eigenvalue weighted by atomic mass is 15.1. The molecule has 0 saturated carbocycles. The first-order valence-corrected chi connectivity index (χ1v) is 21.8. The average molecular weight is 801 g/mol. The van der Waals surface area contributed by atoms with Gasteiger partial charge in [0.25, 0.3) is 0 Å². The second kappa shape index (κ2) is 13.9. The molecule has 294 valence electrons. The van der Waals surface area contributed by atoms with E-state index in [0.29, 0.717) is 0 Å². The Labute approximate surface area is 367 Å². The van der Waals surface area contributed by atoms with Crippen LogP contribution in [-0.2, 0) is 5.41 Å². The Morgan fingerprint density at radius 1 is 0.286 bits per heavy atom. The Hall–Kier alpha value is -8.20. The molecule has 0 unspecified atom stereocenters. The molecule has 11 aromatic rings. The summed E-state index contributed by atoms with van der Waals surface area (Å²) in [7, 11) is 0. The zero-order chi connectivity index (χ0) is 41.5. The maximum Gasteiger partial charge on any atom is 0.0725 e. The van der Waals surface area contributed by atoms with Crippen molar-refractivity contribution in [3.05, 3.63) is 265 Å². The number of hydrogen-bond acceptors (Lipinski definition) is 1. The summed E-state index contributed by atoms with van der Waals surface area (Å²) in [5.41, 5.74) is 21.6. The van der Waals surface area contributed by atoms with Gasteiger partial charge in [-0.2, -0.15) is 0 Å². The van der Waals surface area contributed by atoms with Gasteiger partial charge >= 0.3 is 0 Å². The molecule has 1 spiro atoms. The van der Waals surface area contributed by atoms with Crippen LogP contribution in [0.1, 0.15) is 22.3 Å². The van der Waals surface area contributed by atoms with Crippen LogP contribution < -0.4 is 4.90 Å². The summed E-state index contributed by atoms with van der Waals surface area (Å²) in [6.45, 7) is 0. The van der Waals surface area contributed by atoms with Crippen molar-refractivity contribution in [2.45, 2.75) is 5.41 Å². The van der Waals surface area contributed by atoms with Gasteiger partial charge in [0.15, 0.2) is 0 Å². The van der Waals surface area contributed by atoms with E-state index >= 15 is 0 Å². The Bertz CT molecular complexity index is 3490. The van der Waals surface area contributed by atoms with Gasteiger partial charge < -0.3 is 9.47 Å². The minimum Gasteiger partial charge on any atom is -0.310 e. The van der Waals surface area contributed by atoms with E-state index in [4.69, 9.17) is 0 Å². The summed E-state index contributed by atoms with van der Waals surface area (Å²) in [5.74, 6) is 0. The van der Waals surface area contributed by atoms with E-state index in [1.165, 1.54) is 88.6 Å². The molecular weight excluding hydrogens is 761 g/mol. The number of rotatable bonds is 5. The lowest BCUT2D eigenvalue weighted by Gasteiger charge is -2.35. The summed E-state index contributed by atoms with van der Waals surface area (Å²) in [4.78, 5) is 2.45. The van der Waals surface area contributed by atoms with Crippen molar-refractivity contribution >= 4 is 38.9 Å². The second-order valence-corrected chi connectivity index (χ2v) is 16.8. The number of para-hydroxylation sites is 2. The zero-order valence-electron chi connectivity index (χ0n) is 34.5. The maximum absolute atomic E-state index is 2.45. The highest BCUT2D eigenvalue weighted by Crippen LogP contribution is 2.62. The van der Waals surface area contributed by atoms with Gasteiger partial charge in [0.2, 0.25) is 0 Å². The molecule has 63 heavy (non-hydrogen) atoms. The Kier molecular flexibility index (Phi) is 7.85. The van der Waals surface area contributed by atoms with Crippen molar-refractivity contribution in [2.75, 3.05) is 4.90 Å². The first kappa shape index (κ1) is 35.5. The van der Waals surface area contributed by atoms with Crippen molar-refractivity contribution in [3.8, 4) is 50.2 Å². The number of hydrogen-bond donors (Lipinski definition) is 0. The van der Waals surface area contributed by atoms with Gasteiger partial charge in [-0.15, -0.1) is 0 Å². The Balaban J connectivity index is 1.06. The molecule has 2 aliphatic carbocycles. The molecule has 0 amide bonds. The van der Waals surface area contributed by atoms with Crippen molar-refractivity contribution in [1.82, 2.24) is 4.57 Å². The van der Waals surface area contributed by atoms with E-state index in [-0.39, 0.29) is 0 Å². The van der Waals surface area contributed by atoms with E-state index < -0.39 is 5.41 Å². The number of benzene rings is 10. The van der Waals surface area contributed by atoms with Crippen LogP contribution >= 0.6 is 0 Å². The number of nitrogens with zero attached hydrogens (tertiary/aromatic N) is 2. The molecule has 0 N–H and O–H groups in total. The van der Waals surface area contributed by atoms with Crippen LogP contribution in [0.5, 0.6) is 0 Å². The lowest BCUT2D eigenvalue weighted by Crippen LogP contribution is -2.29. The second-order valence-electron chi connectivity index (χ2n) is 16.8. The molecular formula is C61H40N2. The standard InChI is InChI=1S/C61H40N2/c1-3-17-41(18-4-1)42-31-33-44(34-32-42)62(46-36-38-60-54(40-46)52-26-12-16-30-59(52)63(60)43-19-5-2-6-20-43)45-35-37-58-53(39-45)51-25-11-15-29-57(51)61(58)55-27-13-9-23-49(55)47-21-7-8-22-48(47)50-24-10-14-28-56(50)61/h1-40H. The molecule has 2 aliphatic rings. The van der Waals surface area contributed by atoms with Crippen molar-refractivity contribution in [1.29, 1.82) is 0 Å². The summed E-state index contributed by atoms with van der Waals surface area (Å²) < 4.78 is 2.39. The van der Waals surface area contributed by atoms with Gasteiger partial charge in [0, 0.05) is 33.5 Å². The molecule has 0 radical (unpaired) electrons.